The number of rotatable bonds is 1. The number of ether oxygens (including phenoxy) is 2. The highest BCUT2D eigenvalue weighted by molar-refractivity contribution is 6.06. The average Bonchev–Trinajstić information content (AvgIpc) is 3.32. The Balaban J connectivity index is 1.56. The van der Waals surface area contributed by atoms with Crippen molar-refractivity contribution in [1.82, 2.24) is 14.5 Å². The van der Waals surface area contributed by atoms with Gasteiger partial charge in [0.25, 0.3) is 5.91 Å². The van der Waals surface area contributed by atoms with Crippen LogP contribution in [-0.2, 0) is 4.74 Å². The summed E-state index contributed by atoms with van der Waals surface area (Å²) in [6.07, 6.45) is 7.68. The van der Waals surface area contributed by atoms with Crippen molar-refractivity contribution in [3.63, 3.8) is 0 Å². The maximum Gasteiger partial charge on any atom is 0.260 e. The molecule has 0 spiro atoms. The first kappa shape index (κ1) is 21.3. The van der Waals surface area contributed by atoms with E-state index < -0.39 is 11.7 Å². The number of aromatic nitrogens is 3. The minimum absolute atomic E-state index is 0.174. The molecule has 33 heavy (non-hydrogen) atoms. The Morgan fingerprint density at radius 2 is 2.12 bits per heavy atom. The number of imidazole rings is 1. The molecule has 0 aliphatic carbocycles. The number of nitrogens with zero attached hydrogens (tertiary/aromatic N) is 3. The molecule has 4 heterocycles. The molecular formula is C25H25FN4O3. The molecule has 3 aromatic rings. The molecule has 7 nitrogen and oxygen atoms in total. The lowest BCUT2D eigenvalue weighted by Crippen LogP contribution is -2.17. The van der Waals surface area contributed by atoms with E-state index in [1.165, 1.54) is 6.07 Å². The molecule has 2 aromatic heterocycles. The van der Waals surface area contributed by atoms with Crippen molar-refractivity contribution in [3.8, 4) is 17.3 Å². The molecule has 0 radical (unpaired) electrons. The van der Waals surface area contributed by atoms with Gasteiger partial charge in [-0.15, -0.1) is 0 Å². The summed E-state index contributed by atoms with van der Waals surface area (Å²) in [5.41, 5.74) is 2.17. The van der Waals surface area contributed by atoms with Crippen LogP contribution >= 0.6 is 0 Å². The number of carbonyl (C=O) groups is 1. The molecule has 1 aromatic carbocycles. The number of anilines is 1. The molecule has 170 valence electrons. The van der Waals surface area contributed by atoms with Crippen LogP contribution in [0.2, 0.25) is 0 Å². The fraction of sp³-hybridized carbons (Fsp3) is 0.320. The fourth-order valence-electron chi connectivity index (χ4n) is 4.25. The van der Waals surface area contributed by atoms with Gasteiger partial charge in [-0.05, 0) is 50.0 Å². The first-order valence-corrected chi connectivity index (χ1v) is 11.2. The van der Waals surface area contributed by atoms with Gasteiger partial charge in [0.2, 0.25) is 0 Å². The summed E-state index contributed by atoms with van der Waals surface area (Å²) >= 11 is 0. The van der Waals surface area contributed by atoms with Gasteiger partial charge in [-0.2, -0.15) is 0 Å². The van der Waals surface area contributed by atoms with E-state index in [1.54, 1.807) is 18.3 Å². The normalized spacial score (nSPS) is 18.8. The van der Waals surface area contributed by atoms with Crippen LogP contribution in [0.1, 0.15) is 48.1 Å². The van der Waals surface area contributed by atoms with Crippen LogP contribution in [0, 0.1) is 5.82 Å². The highest BCUT2D eigenvalue weighted by Gasteiger charge is 2.22. The van der Waals surface area contributed by atoms with Crippen LogP contribution in [0.4, 0.5) is 10.2 Å². The molecule has 1 amide bonds. The molecule has 1 N–H and O–H groups in total. The van der Waals surface area contributed by atoms with Gasteiger partial charge in [-0.3, -0.25) is 4.79 Å². The zero-order chi connectivity index (χ0) is 22.8. The zero-order valence-corrected chi connectivity index (χ0v) is 18.4. The van der Waals surface area contributed by atoms with Crippen LogP contribution in [-0.4, -0.2) is 40.3 Å². The summed E-state index contributed by atoms with van der Waals surface area (Å²) in [7, 11) is 0. The number of pyridine rings is 1. The van der Waals surface area contributed by atoms with Crippen molar-refractivity contribution >= 4 is 17.3 Å². The van der Waals surface area contributed by atoms with Crippen molar-refractivity contribution in [2.45, 2.75) is 32.2 Å². The Bertz CT molecular complexity index is 1220. The second kappa shape index (κ2) is 9.15. The molecule has 0 unspecified atom stereocenters. The van der Waals surface area contributed by atoms with Crippen molar-refractivity contribution in [2.24, 2.45) is 0 Å². The third-order valence-corrected chi connectivity index (χ3v) is 6.01. The van der Waals surface area contributed by atoms with E-state index in [4.69, 9.17) is 9.47 Å². The predicted molar refractivity (Wildman–Crippen MR) is 123 cm³/mol. The summed E-state index contributed by atoms with van der Waals surface area (Å²) < 4.78 is 28.3. The maximum absolute atomic E-state index is 15.0. The van der Waals surface area contributed by atoms with Gasteiger partial charge in [0.1, 0.15) is 23.1 Å². The predicted octanol–water partition coefficient (Wildman–Crippen LogP) is 4.87. The van der Waals surface area contributed by atoms with E-state index in [9.17, 15) is 4.79 Å². The molecule has 2 aliphatic heterocycles. The minimum atomic E-state index is -0.410. The zero-order valence-electron chi connectivity index (χ0n) is 18.4. The van der Waals surface area contributed by atoms with Gasteiger partial charge in [0.05, 0.1) is 25.4 Å². The third-order valence-electron chi connectivity index (χ3n) is 6.01. The first-order chi connectivity index (χ1) is 16.1. The van der Waals surface area contributed by atoms with E-state index in [2.05, 4.69) is 26.8 Å². The van der Waals surface area contributed by atoms with E-state index in [1.807, 2.05) is 24.4 Å². The van der Waals surface area contributed by atoms with Crippen LogP contribution < -0.4 is 10.1 Å². The van der Waals surface area contributed by atoms with Crippen LogP contribution in [0.3, 0.4) is 0 Å². The standard InChI is InChI=1S/C25H25FN4O3/c1-16-4-3-11-33-22-15-20(26)18(17-7-12-32-13-8-17)14-19(22)25(31)29-23-6-2-5-21(28-23)24-27-9-10-30(16)24/h2,5-7,9-10,14-16H,3-4,8,11-13H2,1H3,(H,28,29,31)/t16-/m0/s1. The van der Waals surface area contributed by atoms with Gasteiger partial charge in [-0.1, -0.05) is 12.1 Å². The first-order valence-electron chi connectivity index (χ1n) is 11.2. The molecule has 1 atom stereocenters. The van der Waals surface area contributed by atoms with Gasteiger partial charge < -0.3 is 19.4 Å². The second-order valence-corrected chi connectivity index (χ2v) is 8.24. The summed E-state index contributed by atoms with van der Waals surface area (Å²) in [6.45, 7) is 3.44. The van der Waals surface area contributed by atoms with E-state index >= 15 is 4.39 Å². The quantitative estimate of drug-likeness (QED) is 0.574. The van der Waals surface area contributed by atoms with Crippen LogP contribution in [0.5, 0.6) is 5.75 Å². The Labute approximate surface area is 191 Å². The number of fused-ring (bicyclic) bond motifs is 5. The molecule has 0 saturated carbocycles. The Morgan fingerprint density at radius 3 is 2.97 bits per heavy atom. The second-order valence-electron chi connectivity index (χ2n) is 8.24. The lowest BCUT2D eigenvalue weighted by molar-refractivity contribution is 0.102. The SMILES string of the molecule is C[C@H]1CCCOc2cc(F)c(C3=CCOCC3)cc2C(=O)Nc2cccc(n2)-c2nccn21. The maximum atomic E-state index is 15.0. The third kappa shape index (κ3) is 4.39. The molecule has 2 aliphatic rings. The number of carbonyl (C=O) groups excluding carboxylic acids is 1. The summed E-state index contributed by atoms with van der Waals surface area (Å²) in [5.74, 6) is 0.543. The number of nitrogens with one attached hydrogen (secondary N) is 1. The lowest BCUT2D eigenvalue weighted by atomic mass is 9.98. The average molecular weight is 448 g/mol. The number of hydrogen-bond donors (Lipinski definition) is 1. The molecule has 5 rings (SSSR count). The summed E-state index contributed by atoms with van der Waals surface area (Å²) in [4.78, 5) is 22.3. The van der Waals surface area contributed by atoms with E-state index in [-0.39, 0.29) is 17.4 Å². The smallest absolute Gasteiger partial charge is 0.260 e. The highest BCUT2D eigenvalue weighted by atomic mass is 19.1. The Hall–Kier alpha value is -3.52. The van der Waals surface area contributed by atoms with Crippen LogP contribution in [0.25, 0.3) is 17.1 Å². The monoisotopic (exact) mass is 448 g/mol. The van der Waals surface area contributed by atoms with Gasteiger partial charge >= 0.3 is 0 Å². The van der Waals surface area contributed by atoms with Gasteiger partial charge in [-0.25, -0.2) is 14.4 Å². The highest BCUT2D eigenvalue weighted by Crippen LogP contribution is 2.32. The molecule has 8 heteroatoms. The van der Waals surface area contributed by atoms with E-state index in [0.717, 1.165) is 24.2 Å². The van der Waals surface area contributed by atoms with Gasteiger partial charge in [0.15, 0.2) is 5.82 Å². The largest absolute Gasteiger partial charge is 0.493 e. The van der Waals surface area contributed by atoms with Gasteiger partial charge in [0, 0.05) is 30.1 Å². The topological polar surface area (TPSA) is 78.3 Å². The van der Waals surface area contributed by atoms with E-state index in [0.29, 0.717) is 43.3 Å². The lowest BCUT2D eigenvalue weighted by Gasteiger charge is -2.20. The molecular weight excluding hydrogens is 423 g/mol. The molecule has 0 fully saturated rings. The number of hydrogen-bond acceptors (Lipinski definition) is 5. The number of halogens is 1. The minimum Gasteiger partial charge on any atom is -0.493 e. The summed E-state index contributed by atoms with van der Waals surface area (Å²) in [6, 6.07) is 8.47. The Kier molecular flexibility index (Phi) is 5.92. The van der Waals surface area contributed by atoms with Crippen molar-refractivity contribution in [3.05, 3.63) is 65.7 Å². The molecule has 2 bridgehead atoms. The van der Waals surface area contributed by atoms with Crippen molar-refractivity contribution in [1.29, 1.82) is 0 Å². The van der Waals surface area contributed by atoms with Crippen molar-refractivity contribution in [2.75, 3.05) is 25.1 Å². The summed E-state index contributed by atoms with van der Waals surface area (Å²) in [5, 5.41) is 2.84. The van der Waals surface area contributed by atoms with Crippen LogP contribution in [0.15, 0.2) is 48.8 Å². The van der Waals surface area contributed by atoms with Crippen molar-refractivity contribution < 1.29 is 18.7 Å². The molecule has 0 saturated heterocycles. The number of amides is 1. The fourth-order valence-corrected chi connectivity index (χ4v) is 4.25. The number of benzene rings is 1. The Morgan fingerprint density at radius 1 is 1.21 bits per heavy atom.